The number of para-hydroxylation sites is 1. The molecule has 0 aromatic heterocycles. The Kier molecular flexibility index (Phi) is 3.62. The van der Waals surface area contributed by atoms with Gasteiger partial charge in [0.2, 0.25) is 0 Å². The molecule has 23 heavy (non-hydrogen) atoms. The van der Waals surface area contributed by atoms with Gasteiger partial charge >= 0.3 is 0 Å². The van der Waals surface area contributed by atoms with Gasteiger partial charge in [-0.1, -0.05) is 48.0 Å². The van der Waals surface area contributed by atoms with Crippen LogP contribution >= 0.6 is 24.0 Å². The number of nitrogens with zero attached hydrogens (tertiary/aromatic N) is 2. The van der Waals surface area contributed by atoms with Crippen molar-refractivity contribution in [2.45, 2.75) is 18.3 Å². The zero-order chi connectivity index (χ0) is 16.0. The van der Waals surface area contributed by atoms with E-state index in [-0.39, 0.29) is 17.3 Å². The predicted molar refractivity (Wildman–Crippen MR) is 98.5 cm³/mol. The summed E-state index contributed by atoms with van der Waals surface area (Å²) in [5.74, 6) is 0.865. The van der Waals surface area contributed by atoms with E-state index in [0.29, 0.717) is 5.11 Å². The van der Waals surface area contributed by atoms with Crippen molar-refractivity contribution in [1.82, 2.24) is 4.90 Å². The van der Waals surface area contributed by atoms with E-state index in [1.165, 1.54) is 11.1 Å². The van der Waals surface area contributed by atoms with E-state index in [1.807, 2.05) is 30.3 Å². The van der Waals surface area contributed by atoms with Crippen LogP contribution in [0.4, 0.5) is 5.69 Å². The maximum absolute atomic E-state index is 12.8. The molecular weight excluding hydrogens is 324 g/mol. The number of aryl methyl sites for hydroxylation is 1. The second kappa shape index (κ2) is 5.65. The van der Waals surface area contributed by atoms with Gasteiger partial charge in [-0.15, -0.1) is 11.8 Å². The molecular formula is C18H16N2OS2. The Morgan fingerprint density at radius 3 is 2.48 bits per heavy atom. The molecule has 0 aliphatic carbocycles. The van der Waals surface area contributed by atoms with Gasteiger partial charge in [0.15, 0.2) is 5.11 Å². The Hall–Kier alpha value is -1.85. The molecule has 2 atom stereocenters. The molecule has 2 fully saturated rings. The number of fused-ring (bicyclic) bond motifs is 1. The summed E-state index contributed by atoms with van der Waals surface area (Å²) in [4.78, 5) is 16.6. The van der Waals surface area contributed by atoms with Crippen molar-refractivity contribution in [2.24, 2.45) is 0 Å². The van der Waals surface area contributed by atoms with Crippen molar-refractivity contribution >= 4 is 40.7 Å². The first-order chi connectivity index (χ1) is 11.2. The Morgan fingerprint density at radius 1 is 1.09 bits per heavy atom. The third-order valence-corrected chi connectivity index (χ3v) is 6.01. The summed E-state index contributed by atoms with van der Waals surface area (Å²) in [6.45, 7) is 2.08. The van der Waals surface area contributed by atoms with Crippen molar-refractivity contribution < 1.29 is 4.79 Å². The minimum Gasteiger partial charge on any atom is -0.319 e. The Morgan fingerprint density at radius 2 is 1.78 bits per heavy atom. The lowest BCUT2D eigenvalue weighted by Crippen LogP contribution is -2.33. The van der Waals surface area contributed by atoms with Crippen molar-refractivity contribution in [1.29, 1.82) is 0 Å². The van der Waals surface area contributed by atoms with E-state index < -0.39 is 0 Å². The van der Waals surface area contributed by atoms with Crippen LogP contribution in [0.1, 0.15) is 16.5 Å². The first-order valence-corrected chi connectivity index (χ1v) is 9.02. The van der Waals surface area contributed by atoms with Crippen molar-refractivity contribution in [3.63, 3.8) is 0 Å². The van der Waals surface area contributed by atoms with Crippen LogP contribution < -0.4 is 4.90 Å². The number of thiocarbonyl (C=S) groups is 1. The summed E-state index contributed by atoms with van der Waals surface area (Å²) in [5, 5.41) is 0.729. The van der Waals surface area contributed by atoms with Crippen molar-refractivity contribution in [3.8, 4) is 0 Å². The second-order valence-corrected chi connectivity index (χ2v) is 7.29. The molecule has 2 heterocycles. The van der Waals surface area contributed by atoms with Gasteiger partial charge in [-0.25, -0.2) is 0 Å². The van der Waals surface area contributed by atoms with E-state index in [4.69, 9.17) is 12.2 Å². The van der Waals surface area contributed by atoms with Crippen LogP contribution in [-0.4, -0.2) is 27.7 Å². The molecule has 0 bridgehead atoms. The van der Waals surface area contributed by atoms with E-state index in [1.54, 1.807) is 16.7 Å². The summed E-state index contributed by atoms with van der Waals surface area (Å²) in [5.41, 5.74) is 3.29. The summed E-state index contributed by atoms with van der Waals surface area (Å²) in [6, 6.07) is 18.0. The quantitative estimate of drug-likeness (QED) is 0.777. The largest absolute Gasteiger partial charge is 0.319 e. The molecule has 5 heteroatoms. The normalized spacial score (nSPS) is 23.5. The molecule has 3 nitrogen and oxygen atoms in total. The SMILES string of the molecule is Cc1ccc([C@H]2SC[C@H]3C(=O)N(c4ccccc4)C(=S)N23)cc1. The van der Waals surface area contributed by atoms with Crippen LogP contribution in [0.5, 0.6) is 0 Å². The van der Waals surface area contributed by atoms with Gasteiger partial charge in [0.1, 0.15) is 11.4 Å². The minimum atomic E-state index is -0.154. The fourth-order valence-corrected chi connectivity index (χ4v) is 5.01. The number of hydrogen-bond acceptors (Lipinski definition) is 3. The molecule has 2 aromatic carbocycles. The van der Waals surface area contributed by atoms with Gasteiger partial charge in [0.25, 0.3) is 5.91 Å². The highest BCUT2D eigenvalue weighted by Crippen LogP contribution is 2.46. The van der Waals surface area contributed by atoms with Gasteiger partial charge in [0, 0.05) is 5.75 Å². The van der Waals surface area contributed by atoms with Gasteiger partial charge in [0.05, 0.1) is 5.69 Å². The fraction of sp³-hybridized carbons (Fsp3) is 0.222. The number of rotatable bonds is 2. The van der Waals surface area contributed by atoms with E-state index in [2.05, 4.69) is 36.1 Å². The van der Waals surface area contributed by atoms with Gasteiger partial charge in [-0.3, -0.25) is 9.69 Å². The van der Waals surface area contributed by atoms with Crippen molar-refractivity contribution in [3.05, 3.63) is 65.7 Å². The average Bonchev–Trinajstić information content (AvgIpc) is 3.10. The Bertz CT molecular complexity index is 760. The molecule has 2 saturated heterocycles. The lowest BCUT2D eigenvalue weighted by molar-refractivity contribution is -0.119. The zero-order valence-electron chi connectivity index (χ0n) is 12.7. The molecule has 0 N–H and O–H groups in total. The molecule has 0 radical (unpaired) electrons. The number of amides is 1. The maximum Gasteiger partial charge on any atom is 0.257 e. The average molecular weight is 340 g/mol. The first kappa shape index (κ1) is 14.7. The predicted octanol–water partition coefficient (Wildman–Crippen LogP) is 3.74. The third kappa shape index (κ3) is 2.35. The van der Waals surface area contributed by atoms with Crippen LogP contribution in [-0.2, 0) is 4.79 Å². The lowest BCUT2D eigenvalue weighted by atomic mass is 10.1. The molecule has 4 rings (SSSR count). The second-order valence-electron chi connectivity index (χ2n) is 5.81. The number of carbonyl (C=O) groups excluding carboxylic acids is 1. The number of benzene rings is 2. The summed E-state index contributed by atoms with van der Waals surface area (Å²) in [6.07, 6.45) is 0. The van der Waals surface area contributed by atoms with E-state index in [0.717, 1.165) is 11.4 Å². The fourth-order valence-electron chi connectivity index (χ4n) is 3.09. The summed E-state index contributed by atoms with van der Waals surface area (Å²) < 4.78 is 0. The molecule has 116 valence electrons. The monoisotopic (exact) mass is 340 g/mol. The molecule has 2 aromatic rings. The van der Waals surface area contributed by atoms with E-state index >= 15 is 0 Å². The number of carbonyl (C=O) groups is 1. The molecule has 1 amide bonds. The smallest absolute Gasteiger partial charge is 0.257 e. The Labute approximate surface area is 145 Å². The van der Waals surface area contributed by atoms with Crippen LogP contribution in [0.25, 0.3) is 0 Å². The lowest BCUT2D eigenvalue weighted by Gasteiger charge is -2.25. The van der Waals surface area contributed by atoms with Crippen molar-refractivity contribution in [2.75, 3.05) is 10.7 Å². The highest BCUT2D eigenvalue weighted by molar-refractivity contribution is 7.99. The van der Waals surface area contributed by atoms with Crippen LogP contribution in [0, 0.1) is 6.92 Å². The number of thioether (sulfide) groups is 1. The van der Waals surface area contributed by atoms with Gasteiger partial charge in [-0.2, -0.15) is 0 Å². The summed E-state index contributed by atoms with van der Waals surface area (Å²) >= 11 is 7.45. The molecule has 0 saturated carbocycles. The molecule has 0 unspecified atom stereocenters. The van der Waals surface area contributed by atoms with Gasteiger partial charge < -0.3 is 4.90 Å². The topological polar surface area (TPSA) is 23.6 Å². The third-order valence-electron chi connectivity index (χ3n) is 4.29. The zero-order valence-corrected chi connectivity index (χ0v) is 14.3. The van der Waals surface area contributed by atoms with Crippen LogP contribution in [0.15, 0.2) is 54.6 Å². The number of anilines is 1. The Balaban J connectivity index is 1.68. The first-order valence-electron chi connectivity index (χ1n) is 7.56. The van der Waals surface area contributed by atoms with Crippen LogP contribution in [0.2, 0.25) is 0 Å². The summed E-state index contributed by atoms with van der Waals surface area (Å²) in [7, 11) is 0. The van der Waals surface area contributed by atoms with Gasteiger partial charge in [-0.05, 0) is 36.8 Å². The highest BCUT2D eigenvalue weighted by atomic mass is 32.2. The molecule has 0 spiro atoms. The highest BCUT2D eigenvalue weighted by Gasteiger charge is 2.50. The number of hydrogen-bond donors (Lipinski definition) is 0. The molecule has 2 aliphatic heterocycles. The standard InChI is InChI=1S/C18H16N2OS2/c1-12-7-9-13(10-8-12)17-20-15(11-23-17)16(21)19(18(20)22)14-5-3-2-4-6-14/h2-10,15,17H,11H2,1H3/t15-,17+/m0/s1. The minimum absolute atomic E-state index is 0.0864. The molecule has 2 aliphatic rings. The van der Waals surface area contributed by atoms with E-state index in [9.17, 15) is 4.79 Å². The van der Waals surface area contributed by atoms with Crippen LogP contribution in [0.3, 0.4) is 0 Å². The maximum atomic E-state index is 12.8.